The van der Waals surface area contributed by atoms with Crippen LogP contribution in [0.15, 0.2) is 71.1 Å². The second-order valence-corrected chi connectivity index (χ2v) is 7.52. The summed E-state index contributed by atoms with van der Waals surface area (Å²) in [7, 11) is 0. The predicted octanol–water partition coefficient (Wildman–Crippen LogP) is 5.84. The van der Waals surface area contributed by atoms with Gasteiger partial charge in [-0.05, 0) is 72.7 Å². The molecule has 30 heavy (non-hydrogen) atoms. The lowest BCUT2D eigenvalue weighted by Crippen LogP contribution is -2.34. The minimum Gasteiger partial charge on any atom is -0.436 e. The van der Waals surface area contributed by atoms with Gasteiger partial charge in [-0.25, -0.2) is 4.98 Å². The number of thiocarbonyl (C=S) groups is 1. The van der Waals surface area contributed by atoms with E-state index in [2.05, 4.69) is 22.5 Å². The van der Waals surface area contributed by atoms with Gasteiger partial charge < -0.3 is 9.73 Å². The van der Waals surface area contributed by atoms with E-state index in [-0.39, 0.29) is 11.0 Å². The molecule has 1 amide bonds. The number of anilines is 1. The summed E-state index contributed by atoms with van der Waals surface area (Å²) in [5.74, 6) is 0.219. The third kappa shape index (κ3) is 4.50. The first-order valence-corrected chi connectivity index (χ1v) is 10.2. The third-order valence-electron chi connectivity index (χ3n) is 4.57. The van der Waals surface area contributed by atoms with Gasteiger partial charge in [-0.1, -0.05) is 36.7 Å². The number of oxazole rings is 1. The molecule has 4 rings (SSSR count). The Bertz CT molecular complexity index is 1230. The monoisotopic (exact) mass is 435 g/mol. The van der Waals surface area contributed by atoms with Crippen LogP contribution in [0.5, 0.6) is 0 Å². The highest BCUT2D eigenvalue weighted by Crippen LogP contribution is 2.27. The van der Waals surface area contributed by atoms with E-state index in [0.29, 0.717) is 33.3 Å². The van der Waals surface area contributed by atoms with Gasteiger partial charge in [0.25, 0.3) is 5.91 Å². The van der Waals surface area contributed by atoms with Crippen molar-refractivity contribution in [3.63, 3.8) is 0 Å². The summed E-state index contributed by atoms with van der Waals surface area (Å²) in [6.45, 7) is 2.07. The molecule has 150 valence electrons. The maximum absolute atomic E-state index is 12.4. The largest absolute Gasteiger partial charge is 0.436 e. The molecule has 0 aliphatic rings. The molecule has 0 fully saturated rings. The molecule has 2 N–H and O–H groups in total. The molecule has 7 heteroatoms. The average molecular weight is 436 g/mol. The van der Waals surface area contributed by atoms with Gasteiger partial charge in [0.1, 0.15) is 5.52 Å². The van der Waals surface area contributed by atoms with E-state index in [4.69, 9.17) is 28.2 Å². The number of aromatic nitrogens is 1. The molecule has 0 saturated carbocycles. The Balaban J connectivity index is 1.46. The predicted molar refractivity (Wildman–Crippen MR) is 124 cm³/mol. The highest BCUT2D eigenvalue weighted by Gasteiger charge is 2.11. The summed E-state index contributed by atoms with van der Waals surface area (Å²) in [5, 5.41) is 6.52. The van der Waals surface area contributed by atoms with Gasteiger partial charge in [0.2, 0.25) is 5.89 Å². The second kappa shape index (κ2) is 8.65. The molecule has 4 aromatic rings. The van der Waals surface area contributed by atoms with Gasteiger partial charge in [0, 0.05) is 21.8 Å². The van der Waals surface area contributed by atoms with Crippen LogP contribution in [-0.4, -0.2) is 16.0 Å². The zero-order valence-corrected chi connectivity index (χ0v) is 17.7. The first-order valence-electron chi connectivity index (χ1n) is 9.39. The van der Waals surface area contributed by atoms with Crippen LogP contribution in [-0.2, 0) is 6.42 Å². The van der Waals surface area contributed by atoms with Crippen molar-refractivity contribution in [2.75, 3.05) is 5.32 Å². The van der Waals surface area contributed by atoms with E-state index >= 15 is 0 Å². The fourth-order valence-electron chi connectivity index (χ4n) is 2.98. The minimum absolute atomic E-state index is 0.206. The summed E-state index contributed by atoms with van der Waals surface area (Å²) < 4.78 is 5.81. The van der Waals surface area contributed by atoms with Gasteiger partial charge in [0.15, 0.2) is 10.7 Å². The van der Waals surface area contributed by atoms with Crippen LogP contribution in [0.3, 0.4) is 0 Å². The van der Waals surface area contributed by atoms with Crippen molar-refractivity contribution in [3.8, 4) is 11.5 Å². The van der Waals surface area contributed by atoms with E-state index in [1.54, 1.807) is 36.4 Å². The van der Waals surface area contributed by atoms with E-state index < -0.39 is 0 Å². The Kier molecular flexibility index (Phi) is 5.79. The molecule has 0 atom stereocenters. The first kappa shape index (κ1) is 20.1. The maximum Gasteiger partial charge on any atom is 0.257 e. The van der Waals surface area contributed by atoms with Crippen LogP contribution >= 0.6 is 23.8 Å². The van der Waals surface area contributed by atoms with Crippen molar-refractivity contribution in [3.05, 3.63) is 82.9 Å². The molecule has 0 unspecified atom stereocenters. The molecule has 0 saturated heterocycles. The fourth-order valence-corrected chi connectivity index (χ4v) is 3.38. The Morgan fingerprint density at radius 1 is 1.10 bits per heavy atom. The highest BCUT2D eigenvalue weighted by atomic mass is 35.5. The molecular formula is C23H18ClN3O2S. The first-order chi connectivity index (χ1) is 14.5. The number of halogens is 1. The Labute approximate surface area is 184 Å². The van der Waals surface area contributed by atoms with E-state index in [0.717, 1.165) is 12.0 Å². The molecule has 0 aliphatic carbocycles. The van der Waals surface area contributed by atoms with Crippen LogP contribution in [0.25, 0.3) is 22.6 Å². The number of carbonyl (C=O) groups is 1. The van der Waals surface area contributed by atoms with Gasteiger partial charge in [-0.2, -0.15) is 0 Å². The van der Waals surface area contributed by atoms with Crippen molar-refractivity contribution in [1.82, 2.24) is 10.3 Å². The zero-order valence-electron chi connectivity index (χ0n) is 16.1. The summed E-state index contributed by atoms with van der Waals surface area (Å²) in [5.41, 5.74) is 4.52. The standard InChI is InChI=1S/C23H18ClN3O2S/c1-2-14-6-8-15(9-7-14)21(28)27-23(30)25-18-10-11-20-19(13-18)26-22(29-20)16-4-3-5-17(24)12-16/h3-13H,2H2,1H3,(H2,25,27,28,30). The van der Waals surface area contributed by atoms with Gasteiger partial charge >= 0.3 is 0 Å². The average Bonchev–Trinajstić information content (AvgIpc) is 3.17. The van der Waals surface area contributed by atoms with Crippen molar-refractivity contribution >= 4 is 51.6 Å². The number of aryl methyl sites for hydroxylation is 1. The summed E-state index contributed by atoms with van der Waals surface area (Å²) >= 11 is 11.3. The molecule has 5 nitrogen and oxygen atoms in total. The van der Waals surface area contributed by atoms with Gasteiger partial charge in [-0.15, -0.1) is 0 Å². The molecule has 3 aromatic carbocycles. The number of carbonyl (C=O) groups excluding carboxylic acids is 1. The second-order valence-electron chi connectivity index (χ2n) is 6.67. The molecule has 0 spiro atoms. The number of fused-ring (bicyclic) bond motifs is 1. The van der Waals surface area contributed by atoms with Crippen molar-refractivity contribution in [2.24, 2.45) is 0 Å². The fraction of sp³-hybridized carbons (Fsp3) is 0.0870. The maximum atomic E-state index is 12.4. The molecule has 1 aromatic heterocycles. The van der Waals surface area contributed by atoms with Crippen LogP contribution in [0.4, 0.5) is 5.69 Å². The number of rotatable bonds is 4. The van der Waals surface area contributed by atoms with Crippen molar-refractivity contribution in [2.45, 2.75) is 13.3 Å². The van der Waals surface area contributed by atoms with E-state index in [9.17, 15) is 4.79 Å². The number of nitrogens with one attached hydrogen (secondary N) is 2. The van der Waals surface area contributed by atoms with Crippen molar-refractivity contribution in [1.29, 1.82) is 0 Å². The van der Waals surface area contributed by atoms with Gasteiger partial charge in [-0.3, -0.25) is 10.1 Å². The Morgan fingerprint density at radius 2 is 1.90 bits per heavy atom. The normalized spacial score (nSPS) is 10.7. The molecule has 0 bridgehead atoms. The summed E-state index contributed by atoms with van der Waals surface area (Å²) in [4.78, 5) is 16.9. The third-order valence-corrected chi connectivity index (χ3v) is 5.01. The zero-order chi connectivity index (χ0) is 21.1. The summed E-state index contributed by atoms with van der Waals surface area (Å²) in [6.07, 6.45) is 0.922. The smallest absolute Gasteiger partial charge is 0.257 e. The lowest BCUT2D eigenvalue weighted by molar-refractivity contribution is 0.0977. The Hall–Kier alpha value is -3.22. The van der Waals surface area contributed by atoms with E-state index in [1.165, 1.54) is 5.56 Å². The lowest BCUT2D eigenvalue weighted by atomic mass is 10.1. The topological polar surface area (TPSA) is 67.2 Å². The van der Waals surface area contributed by atoms with Crippen LogP contribution in [0.2, 0.25) is 5.02 Å². The number of amides is 1. The lowest BCUT2D eigenvalue weighted by Gasteiger charge is -2.09. The van der Waals surface area contributed by atoms with Crippen LogP contribution < -0.4 is 10.6 Å². The quantitative estimate of drug-likeness (QED) is 0.394. The van der Waals surface area contributed by atoms with Crippen LogP contribution in [0.1, 0.15) is 22.8 Å². The number of hydrogen-bond donors (Lipinski definition) is 2. The molecule has 0 aliphatic heterocycles. The van der Waals surface area contributed by atoms with Crippen molar-refractivity contribution < 1.29 is 9.21 Å². The molecule has 0 radical (unpaired) electrons. The number of nitrogens with zero attached hydrogens (tertiary/aromatic N) is 1. The SMILES string of the molecule is CCc1ccc(C(=O)NC(=S)Nc2ccc3oc(-c4cccc(Cl)c4)nc3c2)cc1. The molecule has 1 heterocycles. The number of benzene rings is 3. The highest BCUT2D eigenvalue weighted by molar-refractivity contribution is 7.80. The van der Waals surface area contributed by atoms with Crippen LogP contribution in [0, 0.1) is 0 Å². The number of hydrogen-bond acceptors (Lipinski definition) is 4. The minimum atomic E-state index is -0.263. The summed E-state index contributed by atoms with van der Waals surface area (Å²) in [6, 6.07) is 20.2. The van der Waals surface area contributed by atoms with Gasteiger partial charge in [0.05, 0.1) is 0 Å². The molecular weight excluding hydrogens is 418 g/mol. The Morgan fingerprint density at radius 3 is 2.63 bits per heavy atom. The van der Waals surface area contributed by atoms with E-state index in [1.807, 2.05) is 30.3 Å².